The van der Waals surface area contributed by atoms with Gasteiger partial charge in [0.05, 0.1) is 34.3 Å². The van der Waals surface area contributed by atoms with E-state index in [0.29, 0.717) is 42.7 Å². The molecule has 0 unspecified atom stereocenters. The molecule has 0 aliphatic carbocycles. The van der Waals surface area contributed by atoms with Gasteiger partial charge in [-0.2, -0.15) is 9.78 Å². The highest BCUT2D eigenvalue weighted by atomic mass is 79.9. The van der Waals surface area contributed by atoms with E-state index in [2.05, 4.69) is 57.9 Å². The van der Waals surface area contributed by atoms with E-state index in [1.807, 2.05) is 6.07 Å². The monoisotopic (exact) mass is 677 g/mol. The van der Waals surface area contributed by atoms with Crippen LogP contribution in [0.1, 0.15) is 27.3 Å². The summed E-state index contributed by atoms with van der Waals surface area (Å²) in [5, 5.41) is 13.9. The molecule has 1 N–H and O–H groups in total. The molecule has 1 aromatic heterocycles. The molecule has 0 fully saturated rings. The van der Waals surface area contributed by atoms with Crippen LogP contribution in [-0.4, -0.2) is 34.1 Å². The summed E-state index contributed by atoms with van der Waals surface area (Å²) in [6.07, 6.45) is 1.53. The maximum Gasteiger partial charge on any atom is 0.335 e. The average Bonchev–Trinajstić information content (AvgIpc) is 2.86. The molecule has 0 radical (unpaired) electrons. The van der Waals surface area contributed by atoms with Crippen LogP contribution in [0.25, 0.3) is 10.9 Å². The van der Waals surface area contributed by atoms with Gasteiger partial charge in [-0.05, 0) is 80.7 Å². The molecule has 4 rings (SSSR count). The van der Waals surface area contributed by atoms with E-state index in [4.69, 9.17) is 14.6 Å². The number of rotatable bonds is 7. The maximum absolute atomic E-state index is 13.0. The van der Waals surface area contributed by atoms with Gasteiger partial charge < -0.3 is 14.6 Å². The van der Waals surface area contributed by atoms with Crippen LogP contribution >= 0.6 is 47.8 Å². The van der Waals surface area contributed by atoms with Gasteiger partial charge in [-0.15, -0.1) is 0 Å². The molecular formula is C25H18Br3N3O5. The second-order valence-electron chi connectivity index (χ2n) is 7.60. The number of ether oxygens (including phenoxy) is 2. The summed E-state index contributed by atoms with van der Waals surface area (Å²) in [6.45, 7) is 1.91. The molecule has 0 saturated heterocycles. The quantitative estimate of drug-likeness (QED) is 0.235. The zero-order chi connectivity index (χ0) is 26.0. The van der Waals surface area contributed by atoms with Crippen molar-refractivity contribution in [1.29, 1.82) is 0 Å². The molecule has 36 heavy (non-hydrogen) atoms. The van der Waals surface area contributed by atoms with Crippen LogP contribution in [0.5, 0.6) is 11.5 Å². The number of methoxy groups -OCH3 is 1. The normalized spacial score (nSPS) is 11.2. The lowest BCUT2D eigenvalue weighted by molar-refractivity contribution is 0.0697. The average molecular weight is 680 g/mol. The van der Waals surface area contributed by atoms with Crippen molar-refractivity contribution in [2.24, 2.45) is 5.10 Å². The SMILES string of the molecule is COc1cc(C=Nn2c(C)nc3ccc(Br)cc3c2=O)c(Br)c(Br)c1OCc1ccc(C(=O)O)cc1. The Morgan fingerprint density at radius 3 is 2.50 bits per heavy atom. The van der Waals surface area contributed by atoms with Crippen LogP contribution in [0.2, 0.25) is 0 Å². The molecular weight excluding hydrogens is 662 g/mol. The summed E-state index contributed by atoms with van der Waals surface area (Å²) in [4.78, 5) is 28.5. The lowest BCUT2D eigenvalue weighted by Crippen LogP contribution is -2.20. The van der Waals surface area contributed by atoms with Crippen molar-refractivity contribution >= 4 is 70.9 Å². The first-order chi connectivity index (χ1) is 17.2. The molecule has 0 saturated carbocycles. The fourth-order valence-corrected chi connectivity index (χ4v) is 4.70. The van der Waals surface area contributed by atoms with Gasteiger partial charge in [0.25, 0.3) is 5.56 Å². The first-order valence-corrected chi connectivity index (χ1v) is 12.8. The lowest BCUT2D eigenvalue weighted by Gasteiger charge is -2.15. The highest BCUT2D eigenvalue weighted by molar-refractivity contribution is 9.13. The Hall–Kier alpha value is -3.02. The summed E-state index contributed by atoms with van der Waals surface area (Å²) in [7, 11) is 1.52. The molecule has 0 amide bonds. The molecule has 0 spiro atoms. The van der Waals surface area contributed by atoms with Crippen LogP contribution in [0.4, 0.5) is 0 Å². The van der Waals surface area contributed by atoms with Gasteiger partial charge in [0, 0.05) is 14.5 Å². The van der Waals surface area contributed by atoms with Gasteiger partial charge in [0.1, 0.15) is 12.4 Å². The van der Waals surface area contributed by atoms with Crippen molar-refractivity contribution in [2.75, 3.05) is 7.11 Å². The minimum atomic E-state index is -0.988. The van der Waals surface area contributed by atoms with Crippen LogP contribution < -0.4 is 15.0 Å². The van der Waals surface area contributed by atoms with E-state index in [1.165, 1.54) is 30.1 Å². The Morgan fingerprint density at radius 2 is 1.83 bits per heavy atom. The topological polar surface area (TPSA) is 103 Å². The Bertz CT molecular complexity index is 1570. The van der Waals surface area contributed by atoms with Gasteiger partial charge >= 0.3 is 5.97 Å². The second-order valence-corrected chi connectivity index (χ2v) is 10.1. The number of carbonyl (C=O) groups is 1. The minimum absolute atomic E-state index is 0.196. The second kappa shape index (κ2) is 10.9. The summed E-state index contributed by atoms with van der Waals surface area (Å²) >= 11 is 10.5. The molecule has 11 heteroatoms. The van der Waals surface area contributed by atoms with Gasteiger partial charge in [0.2, 0.25) is 0 Å². The van der Waals surface area contributed by atoms with Gasteiger partial charge in [-0.25, -0.2) is 9.78 Å². The van der Waals surface area contributed by atoms with Gasteiger partial charge in [-0.3, -0.25) is 4.79 Å². The molecule has 4 aromatic rings. The highest BCUT2D eigenvalue weighted by Crippen LogP contribution is 2.42. The van der Waals surface area contributed by atoms with Gasteiger partial charge in [-0.1, -0.05) is 28.1 Å². The number of aromatic carboxylic acids is 1. The Labute approximate surface area is 231 Å². The Kier molecular flexibility index (Phi) is 7.91. The number of halogens is 3. The van der Waals surface area contributed by atoms with Crippen molar-refractivity contribution in [1.82, 2.24) is 9.66 Å². The maximum atomic E-state index is 13.0. The minimum Gasteiger partial charge on any atom is -0.493 e. The summed E-state index contributed by atoms with van der Waals surface area (Å²) in [6, 6.07) is 13.5. The third kappa shape index (κ3) is 5.37. The number of nitrogens with zero attached hydrogens (tertiary/aromatic N) is 3. The molecule has 0 atom stereocenters. The molecule has 8 nitrogen and oxygen atoms in total. The van der Waals surface area contributed by atoms with E-state index < -0.39 is 5.97 Å². The largest absolute Gasteiger partial charge is 0.493 e. The molecule has 0 aliphatic rings. The van der Waals surface area contributed by atoms with Crippen molar-refractivity contribution in [3.05, 3.63) is 94.8 Å². The number of aromatic nitrogens is 2. The van der Waals surface area contributed by atoms with Crippen LogP contribution in [0.15, 0.2) is 71.8 Å². The molecule has 0 bridgehead atoms. The van der Waals surface area contributed by atoms with Crippen LogP contribution in [0.3, 0.4) is 0 Å². The van der Waals surface area contributed by atoms with E-state index >= 15 is 0 Å². The standard InChI is InChI=1S/C25H18Br3N3O5/c1-13-30-19-8-7-17(26)10-18(19)24(32)31(13)29-11-16-9-20(35-2)23(22(28)21(16)27)36-12-14-3-5-15(6-4-14)25(33)34/h3-11H,12H2,1-2H3,(H,33,34). The number of carboxylic acid groups (broad SMARTS) is 1. The fraction of sp³-hybridized carbons (Fsp3) is 0.120. The number of benzene rings is 3. The first kappa shape index (κ1) is 26.1. The zero-order valence-corrected chi connectivity index (χ0v) is 23.7. The molecule has 1 heterocycles. The van der Waals surface area contributed by atoms with E-state index in [1.54, 1.807) is 37.3 Å². The van der Waals surface area contributed by atoms with E-state index in [9.17, 15) is 9.59 Å². The molecule has 3 aromatic carbocycles. The fourth-order valence-electron chi connectivity index (χ4n) is 3.40. The smallest absolute Gasteiger partial charge is 0.335 e. The summed E-state index contributed by atoms with van der Waals surface area (Å²) < 4.78 is 14.8. The van der Waals surface area contributed by atoms with E-state index in [-0.39, 0.29) is 17.7 Å². The third-order valence-corrected chi connectivity index (χ3v) is 7.88. The third-order valence-electron chi connectivity index (χ3n) is 5.24. The number of fused-ring (bicyclic) bond motifs is 1. The predicted molar refractivity (Wildman–Crippen MR) is 148 cm³/mol. The first-order valence-electron chi connectivity index (χ1n) is 10.4. The van der Waals surface area contributed by atoms with Crippen molar-refractivity contribution in [3.63, 3.8) is 0 Å². The van der Waals surface area contributed by atoms with Crippen molar-refractivity contribution in [3.8, 4) is 11.5 Å². The van der Waals surface area contributed by atoms with Crippen molar-refractivity contribution < 1.29 is 19.4 Å². The number of aryl methyl sites for hydroxylation is 1. The number of hydrogen-bond donors (Lipinski definition) is 1. The predicted octanol–water partition coefficient (Wildman–Crippen LogP) is 6.16. The molecule has 0 aliphatic heterocycles. The van der Waals surface area contributed by atoms with Crippen LogP contribution in [0, 0.1) is 6.92 Å². The molecule has 184 valence electrons. The van der Waals surface area contributed by atoms with E-state index in [0.717, 1.165) is 10.0 Å². The summed E-state index contributed by atoms with van der Waals surface area (Å²) in [5.41, 5.74) is 1.94. The number of carboxylic acids is 1. The zero-order valence-electron chi connectivity index (χ0n) is 19.0. The van der Waals surface area contributed by atoms with Gasteiger partial charge in [0.15, 0.2) is 11.5 Å². The Morgan fingerprint density at radius 1 is 1.11 bits per heavy atom. The van der Waals surface area contributed by atoms with Crippen LogP contribution in [-0.2, 0) is 6.61 Å². The highest BCUT2D eigenvalue weighted by Gasteiger charge is 2.17. The van der Waals surface area contributed by atoms with Crippen molar-refractivity contribution in [2.45, 2.75) is 13.5 Å². The Balaban J connectivity index is 1.65. The number of hydrogen-bond acceptors (Lipinski definition) is 6. The summed E-state index contributed by atoms with van der Waals surface area (Å²) in [5.74, 6) is 0.354. The lowest BCUT2D eigenvalue weighted by atomic mass is 10.1.